The molecule has 0 bridgehead atoms. The second-order valence-corrected chi connectivity index (χ2v) is 7.25. The third-order valence-corrected chi connectivity index (χ3v) is 5.04. The van der Waals surface area contributed by atoms with E-state index in [0.717, 1.165) is 18.5 Å². The highest BCUT2D eigenvalue weighted by Gasteiger charge is 2.48. The van der Waals surface area contributed by atoms with Crippen molar-refractivity contribution in [1.29, 1.82) is 0 Å². The van der Waals surface area contributed by atoms with Gasteiger partial charge >= 0.3 is 0 Å². The van der Waals surface area contributed by atoms with E-state index in [4.69, 9.17) is 0 Å². The molecule has 17 heavy (non-hydrogen) atoms. The summed E-state index contributed by atoms with van der Waals surface area (Å²) in [6.45, 7) is 15.5. The van der Waals surface area contributed by atoms with Gasteiger partial charge in [-0.15, -0.1) is 0 Å². The number of hydrogen-bond acceptors (Lipinski definition) is 2. The zero-order valence-electron chi connectivity index (χ0n) is 12.3. The summed E-state index contributed by atoms with van der Waals surface area (Å²) in [5, 5.41) is 3.68. The summed E-state index contributed by atoms with van der Waals surface area (Å²) in [6.07, 6.45) is 4.17. The molecule has 0 aromatic heterocycles. The monoisotopic (exact) mass is 238 g/mol. The van der Waals surface area contributed by atoms with Gasteiger partial charge in [0.05, 0.1) is 0 Å². The lowest BCUT2D eigenvalue weighted by molar-refractivity contribution is 0.0622. The molecule has 1 aliphatic carbocycles. The Balaban J connectivity index is 2.01. The molecule has 0 amide bonds. The van der Waals surface area contributed by atoms with E-state index < -0.39 is 0 Å². The van der Waals surface area contributed by atoms with Gasteiger partial charge in [0.2, 0.25) is 0 Å². The Morgan fingerprint density at radius 2 is 1.94 bits per heavy atom. The Labute approximate surface area is 107 Å². The molecule has 1 heterocycles. The maximum atomic E-state index is 3.68. The Morgan fingerprint density at radius 3 is 2.41 bits per heavy atom. The van der Waals surface area contributed by atoms with Crippen molar-refractivity contribution in [2.75, 3.05) is 19.6 Å². The smallest absolute Gasteiger partial charge is 0.0252 e. The number of piperazine rings is 1. The summed E-state index contributed by atoms with van der Waals surface area (Å²) in [4.78, 5) is 2.77. The summed E-state index contributed by atoms with van der Waals surface area (Å²) in [5.41, 5.74) is 0.944. The number of nitrogens with one attached hydrogen (secondary N) is 1. The molecule has 1 saturated carbocycles. The predicted molar refractivity (Wildman–Crippen MR) is 74.2 cm³/mol. The van der Waals surface area contributed by atoms with Crippen molar-refractivity contribution in [3.63, 3.8) is 0 Å². The largest absolute Gasteiger partial charge is 0.309 e. The van der Waals surface area contributed by atoms with Gasteiger partial charge in [0.15, 0.2) is 0 Å². The van der Waals surface area contributed by atoms with Crippen LogP contribution in [0.1, 0.15) is 53.9 Å². The molecule has 1 saturated heterocycles. The normalized spacial score (nSPS) is 31.8. The molecular formula is C15H30N2. The van der Waals surface area contributed by atoms with Crippen molar-refractivity contribution in [2.45, 2.75) is 65.5 Å². The second-order valence-electron chi connectivity index (χ2n) is 7.25. The molecule has 1 atom stereocenters. The van der Waals surface area contributed by atoms with Crippen molar-refractivity contribution in [3.05, 3.63) is 0 Å². The average molecular weight is 238 g/mol. The lowest BCUT2D eigenvalue weighted by atomic mass is 9.89. The Kier molecular flexibility index (Phi) is 3.57. The Bertz CT molecular complexity index is 266. The van der Waals surface area contributed by atoms with Crippen LogP contribution in [-0.2, 0) is 0 Å². The molecule has 2 rings (SSSR count). The molecule has 0 aromatic rings. The summed E-state index contributed by atoms with van der Waals surface area (Å²) in [7, 11) is 0. The first kappa shape index (κ1) is 13.4. The average Bonchev–Trinajstić information content (AvgIpc) is 2.98. The van der Waals surface area contributed by atoms with Crippen LogP contribution in [0.4, 0.5) is 0 Å². The van der Waals surface area contributed by atoms with Crippen molar-refractivity contribution in [2.24, 2.45) is 11.3 Å². The van der Waals surface area contributed by atoms with Crippen LogP contribution >= 0.6 is 0 Å². The van der Waals surface area contributed by atoms with Crippen molar-refractivity contribution in [3.8, 4) is 0 Å². The van der Waals surface area contributed by atoms with E-state index in [0.29, 0.717) is 11.0 Å². The van der Waals surface area contributed by atoms with Gasteiger partial charge < -0.3 is 5.32 Å². The second kappa shape index (κ2) is 4.55. The Hall–Kier alpha value is -0.0800. The minimum Gasteiger partial charge on any atom is -0.309 e. The van der Waals surface area contributed by atoms with Crippen LogP contribution in [0.5, 0.6) is 0 Å². The maximum absolute atomic E-state index is 3.68. The molecule has 0 spiro atoms. The van der Waals surface area contributed by atoms with Gasteiger partial charge in [-0.3, -0.25) is 4.90 Å². The molecule has 2 heteroatoms. The first-order valence-electron chi connectivity index (χ1n) is 7.38. The lowest BCUT2D eigenvalue weighted by Gasteiger charge is -2.46. The summed E-state index contributed by atoms with van der Waals surface area (Å²) < 4.78 is 0. The summed E-state index contributed by atoms with van der Waals surface area (Å²) >= 11 is 0. The summed E-state index contributed by atoms with van der Waals surface area (Å²) in [6, 6.07) is 0.749. The van der Waals surface area contributed by atoms with E-state index in [-0.39, 0.29) is 0 Å². The topological polar surface area (TPSA) is 15.3 Å². The molecule has 2 aliphatic rings. The zero-order valence-corrected chi connectivity index (χ0v) is 12.3. The fraction of sp³-hybridized carbons (Fsp3) is 1.00. The maximum Gasteiger partial charge on any atom is 0.0252 e. The van der Waals surface area contributed by atoms with Crippen LogP contribution in [0.15, 0.2) is 0 Å². The number of hydrogen-bond donors (Lipinski definition) is 1. The minimum absolute atomic E-state index is 0.290. The summed E-state index contributed by atoms with van der Waals surface area (Å²) in [5.74, 6) is 0.845. The molecule has 0 aromatic carbocycles. The third-order valence-electron chi connectivity index (χ3n) is 5.04. The van der Waals surface area contributed by atoms with Crippen LogP contribution in [0.2, 0.25) is 0 Å². The molecule has 1 unspecified atom stereocenters. The Morgan fingerprint density at radius 1 is 1.29 bits per heavy atom. The molecule has 1 aliphatic heterocycles. The van der Waals surface area contributed by atoms with Gasteiger partial charge in [-0.05, 0) is 44.4 Å². The SMILES string of the molecule is CCC1CNC(C)(C)CN1CC1(C(C)C)CC1. The van der Waals surface area contributed by atoms with Gasteiger partial charge in [0, 0.05) is 31.2 Å². The van der Waals surface area contributed by atoms with Crippen LogP contribution in [0.25, 0.3) is 0 Å². The molecule has 1 N–H and O–H groups in total. The number of rotatable bonds is 4. The quantitative estimate of drug-likeness (QED) is 0.810. The van der Waals surface area contributed by atoms with Crippen LogP contribution in [-0.4, -0.2) is 36.1 Å². The van der Waals surface area contributed by atoms with E-state index in [9.17, 15) is 0 Å². The third kappa shape index (κ3) is 2.85. The predicted octanol–water partition coefficient (Wildman–Crippen LogP) is 2.89. The fourth-order valence-corrected chi connectivity index (χ4v) is 3.29. The number of nitrogens with zero attached hydrogens (tertiary/aromatic N) is 1. The van der Waals surface area contributed by atoms with E-state index in [1.54, 1.807) is 0 Å². The van der Waals surface area contributed by atoms with Gasteiger partial charge in [0.25, 0.3) is 0 Å². The highest BCUT2D eigenvalue weighted by Crippen LogP contribution is 2.52. The lowest BCUT2D eigenvalue weighted by Crippen LogP contribution is -2.62. The van der Waals surface area contributed by atoms with Gasteiger partial charge in [-0.2, -0.15) is 0 Å². The van der Waals surface area contributed by atoms with Crippen molar-refractivity contribution < 1.29 is 0 Å². The fourth-order valence-electron chi connectivity index (χ4n) is 3.29. The minimum atomic E-state index is 0.290. The van der Waals surface area contributed by atoms with Crippen molar-refractivity contribution in [1.82, 2.24) is 10.2 Å². The molecular weight excluding hydrogens is 208 g/mol. The van der Waals surface area contributed by atoms with Crippen molar-refractivity contribution >= 4 is 0 Å². The highest BCUT2D eigenvalue weighted by molar-refractivity contribution is 5.01. The van der Waals surface area contributed by atoms with Gasteiger partial charge in [-0.25, -0.2) is 0 Å². The first-order chi connectivity index (χ1) is 7.88. The van der Waals surface area contributed by atoms with E-state index in [2.05, 4.69) is 44.8 Å². The van der Waals surface area contributed by atoms with Gasteiger partial charge in [0.1, 0.15) is 0 Å². The molecule has 2 fully saturated rings. The highest BCUT2D eigenvalue weighted by atomic mass is 15.3. The van der Waals surface area contributed by atoms with Crippen LogP contribution in [0.3, 0.4) is 0 Å². The van der Waals surface area contributed by atoms with Crippen LogP contribution in [0, 0.1) is 11.3 Å². The van der Waals surface area contributed by atoms with E-state index in [1.807, 2.05) is 0 Å². The molecule has 100 valence electrons. The van der Waals surface area contributed by atoms with E-state index >= 15 is 0 Å². The molecule has 2 nitrogen and oxygen atoms in total. The zero-order chi connectivity index (χ0) is 12.7. The van der Waals surface area contributed by atoms with E-state index in [1.165, 1.54) is 32.4 Å². The molecule has 0 radical (unpaired) electrons. The standard InChI is InChI=1S/C15H30N2/c1-6-13-9-16-14(4,5)10-17(13)11-15(7-8-15)12(2)3/h12-13,16H,6-11H2,1-5H3. The van der Waals surface area contributed by atoms with Gasteiger partial charge in [-0.1, -0.05) is 20.8 Å². The first-order valence-corrected chi connectivity index (χ1v) is 7.38. The van der Waals surface area contributed by atoms with Crippen LogP contribution < -0.4 is 5.32 Å².